The van der Waals surface area contributed by atoms with Gasteiger partial charge < -0.3 is 14.4 Å². The van der Waals surface area contributed by atoms with E-state index in [-0.39, 0.29) is 6.10 Å². The van der Waals surface area contributed by atoms with Gasteiger partial charge in [0.15, 0.2) is 0 Å². The van der Waals surface area contributed by atoms with Crippen LogP contribution in [0.3, 0.4) is 0 Å². The van der Waals surface area contributed by atoms with Gasteiger partial charge in [0.25, 0.3) is 0 Å². The van der Waals surface area contributed by atoms with Crippen molar-refractivity contribution in [2.45, 2.75) is 40.7 Å². The van der Waals surface area contributed by atoms with E-state index in [0.29, 0.717) is 6.61 Å². The van der Waals surface area contributed by atoms with Crippen LogP contribution in [-0.2, 0) is 4.74 Å². The van der Waals surface area contributed by atoms with Crippen molar-refractivity contribution in [2.75, 3.05) is 20.2 Å². The molecule has 0 fully saturated rings. The lowest BCUT2D eigenvalue weighted by atomic mass is 10.1. The number of benzene rings is 2. The Morgan fingerprint density at radius 1 is 1.12 bits per heavy atom. The summed E-state index contributed by atoms with van der Waals surface area (Å²) in [5.41, 5.74) is 4.23. The summed E-state index contributed by atoms with van der Waals surface area (Å²) in [7, 11) is 2.01. The number of aryl methyl sites for hydroxylation is 2. The minimum Gasteiger partial charge on any atom is -0.457 e. The van der Waals surface area contributed by atoms with Gasteiger partial charge in [-0.3, -0.25) is 0 Å². The van der Waals surface area contributed by atoms with Gasteiger partial charge in [0, 0.05) is 20.2 Å². The van der Waals surface area contributed by atoms with Crippen molar-refractivity contribution in [3.8, 4) is 11.5 Å². The maximum Gasteiger partial charge on any atom is 0.130 e. The van der Waals surface area contributed by atoms with Gasteiger partial charge in [-0.25, -0.2) is 4.99 Å². The topological polar surface area (TPSA) is 34.1 Å². The predicted molar refractivity (Wildman–Crippen MR) is 109 cm³/mol. The molecule has 1 atom stereocenters. The van der Waals surface area contributed by atoms with Crippen molar-refractivity contribution < 1.29 is 9.47 Å². The fourth-order valence-electron chi connectivity index (χ4n) is 2.57. The summed E-state index contributed by atoms with van der Waals surface area (Å²) >= 11 is 0. The predicted octanol–water partition coefficient (Wildman–Crippen LogP) is 5.80. The molecule has 26 heavy (non-hydrogen) atoms. The zero-order chi connectivity index (χ0) is 19.1. The van der Waals surface area contributed by atoms with E-state index in [1.807, 2.05) is 56.4 Å². The SMILES string of the molecule is CCOC(C)c1cccc(Oc2cc(C)c(/N=C\N(C)CC)cc2C)c1. The summed E-state index contributed by atoms with van der Waals surface area (Å²) in [6, 6.07) is 12.2. The van der Waals surface area contributed by atoms with E-state index >= 15 is 0 Å². The molecule has 0 aliphatic carbocycles. The summed E-state index contributed by atoms with van der Waals surface area (Å²) in [5.74, 6) is 1.67. The maximum atomic E-state index is 6.14. The van der Waals surface area contributed by atoms with E-state index in [1.165, 1.54) is 0 Å². The molecule has 1 unspecified atom stereocenters. The molecule has 0 spiro atoms. The highest BCUT2D eigenvalue weighted by Crippen LogP contribution is 2.32. The van der Waals surface area contributed by atoms with E-state index in [1.54, 1.807) is 0 Å². The van der Waals surface area contributed by atoms with Crippen LogP contribution in [0.15, 0.2) is 41.4 Å². The van der Waals surface area contributed by atoms with E-state index < -0.39 is 0 Å². The molecule has 0 aliphatic rings. The van der Waals surface area contributed by atoms with Crippen molar-refractivity contribution >= 4 is 12.0 Å². The highest BCUT2D eigenvalue weighted by Gasteiger charge is 2.09. The van der Waals surface area contributed by atoms with Gasteiger partial charge in [0.2, 0.25) is 0 Å². The zero-order valence-corrected chi connectivity index (χ0v) is 16.7. The largest absolute Gasteiger partial charge is 0.457 e. The van der Waals surface area contributed by atoms with Crippen LogP contribution in [0.4, 0.5) is 5.69 Å². The molecule has 0 aromatic heterocycles. The molecular formula is C22H30N2O2. The fourth-order valence-corrected chi connectivity index (χ4v) is 2.57. The molecule has 0 bridgehead atoms. The first-order valence-corrected chi connectivity index (χ1v) is 9.19. The van der Waals surface area contributed by atoms with E-state index in [9.17, 15) is 0 Å². The van der Waals surface area contributed by atoms with Crippen LogP contribution in [-0.4, -0.2) is 31.4 Å². The summed E-state index contributed by atoms with van der Waals surface area (Å²) in [6.45, 7) is 11.9. The Morgan fingerprint density at radius 3 is 2.58 bits per heavy atom. The van der Waals surface area contributed by atoms with Gasteiger partial charge in [-0.2, -0.15) is 0 Å². The van der Waals surface area contributed by atoms with Crippen molar-refractivity contribution in [3.63, 3.8) is 0 Å². The van der Waals surface area contributed by atoms with Gasteiger partial charge >= 0.3 is 0 Å². The monoisotopic (exact) mass is 354 g/mol. The number of hydrogen-bond acceptors (Lipinski definition) is 3. The highest BCUT2D eigenvalue weighted by molar-refractivity contribution is 5.64. The minimum absolute atomic E-state index is 0.0543. The van der Waals surface area contributed by atoms with Gasteiger partial charge in [0.05, 0.1) is 18.1 Å². The molecule has 2 aromatic carbocycles. The lowest BCUT2D eigenvalue weighted by Gasteiger charge is -2.15. The Balaban J connectivity index is 2.21. The third-order valence-electron chi connectivity index (χ3n) is 4.36. The third-order valence-corrected chi connectivity index (χ3v) is 4.36. The lowest BCUT2D eigenvalue weighted by molar-refractivity contribution is 0.0763. The van der Waals surface area contributed by atoms with Crippen LogP contribution >= 0.6 is 0 Å². The van der Waals surface area contributed by atoms with Gasteiger partial charge in [-0.05, 0) is 75.6 Å². The Kier molecular flexibility index (Phi) is 7.22. The molecule has 4 heteroatoms. The summed E-state index contributed by atoms with van der Waals surface area (Å²) in [6.07, 6.45) is 1.92. The second kappa shape index (κ2) is 9.39. The third kappa shape index (κ3) is 5.33. The van der Waals surface area contributed by atoms with E-state index in [2.05, 4.69) is 37.9 Å². The van der Waals surface area contributed by atoms with Crippen LogP contribution in [0.2, 0.25) is 0 Å². The fraction of sp³-hybridized carbons (Fsp3) is 0.409. The van der Waals surface area contributed by atoms with Gasteiger partial charge in [-0.15, -0.1) is 0 Å². The Hall–Kier alpha value is -2.33. The first kappa shape index (κ1) is 20.0. The van der Waals surface area contributed by atoms with E-state index in [0.717, 1.165) is 40.4 Å². The maximum absolute atomic E-state index is 6.14. The van der Waals surface area contributed by atoms with Crippen molar-refractivity contribution in [3.05, 3.63) is 53.1 Å². The number of rotatable bonds is 8. The molecule has 4 nitrogen and oxygen atoms in total. The molecule has 0 amide bonds. The van der Waals surface area contributed by atoms with Crippen LogP contribution in [0.5, 0.6) is 11.5 Å². The molecule has 140 valence electrons. The first-order chi connectivity index (χ1) is 12.4. The first-order valence-electron chi connectivity index (χ1n) is 9.19. The van der Waals surface area contributed by atoms with Crippen molar-refractivity contribution in [1.82, 2.24) is 4.90 Å². The summed E-state index contributed by atoms with van der Waals surface area (Å²) in [5, 5.41) is 0. The van der Waals surface area contributed by atoms with E-state index in [4.69, 9.17) is 9.47 Å². The Bertz CT molecular complexity index is 756. The van der Waals surface area contributed by atoms with Crippen LogP contribution in [0.25, 0.3) is 0 Å². The number of nitrogens with zero attached hydrogens (tertiary/aromatic N) is 2. The molecule has 2 rings (SSSR count). The molecule has 2 aromatic rings. The summed E-state index contributed by atoms with van der Waals surface area (Å²) < 4.78 is 11.8. The average molecular weight is 354 g/mol. The lowest BCUT2D eigenvalue weighted by Crippen LogP contribution is -2.14. The van der Waals surface area contributed by atoms with Crippen molar-refractivity contribution in [2.24, 2.45) is 4.99 Å². The molecular weight excluding hydrogens is 324 g/mol. The molecule has 0 aliphatic heterocycles. The number of hydrogen-bond donors (Lipinski definition) is 0. The van der Waals surface area contributed by atoms with Crippen LogP contribution in [0, 0.1) is 13.8 Å². The zero-order valence-electron chi connectivity index (χ0n) is 16.7. The second-order valence-corrected chi connectivity index (χ2v) is 6.49. The van der Waals surface area contributed by atoms with Crippen LogP contribution in [0.1, 0.15) is 43.6 Å². The number of aliphatic imine (C=N–C) groups is 1. The quantitative estimate of drug-likeness (QED) is 0.443. The Labute approximate surface area is 157 Å². The normalized spacial score (nSPS) is 12.4. The highest BCUT2D eigenvalue weighted by atomic mass is 16.5. The molecule has 0 saturated carbocycles. The van der Waals surface area contributed by atoms with Gasteiger partial charge in [0.1, 0.15) is 11.5 Å². The van der Waals surface area contributed by atoms with Crippen LogP contribution < -0.4 is 4.74 Å². The molecule has 0 radical (unpaired) electrons. The smallest absolute Gasteiger partial charge is 0.130 e. The molecule has 0 saturated heterocycles. The standard InChI is InChI=1S/C22H30N2O2/c1-7-24(6)15-23-21-12-17(4)22(13-16(21)3)26-20-11-9-10-19(14-20)18(5)25-8-2/h9-15,18H,7-8H2,1-6H3/b23-15-. The average Bonchev–Trinajstić information content (AvgIpc) is 2.63. The van der Waals surface area contributed by atoms with Gasteiger partial charge in [-0.1, -0.05) is 12.1 Å². The van der Waals surface area contributed by atoms with Crippen molar-refractivity contribution in [1.29, 1.82) is 0 Å². The second-order valence-electron chi connectivity index (χ2n) is 6.49. The molecule has 0 N–H and O–H groups in total. The number of ether oxygens (including phenoxy) is 2. The summed E-state index contributed by atoms with van der Waals surface area (Å²) in [4.78, 5) is 6.62. The Morgan fingerprint density at radius 2 is 1.88 bits per heavy atom. The minimum atomic E-state index is 0.0543. The molecule has 0 heterocycles.